The Kier molecular flexibility index (Phi) is 21.1. The zero-order valence-corrected chi connectivity index (χ0v) is 18.6. The van der Waals surface area contributed by atoms with E-state index in [2.05, 4.69) is 32.8 Å². The summed E-state index contributed by atoms with van der Waals surface area (Å²) >= 11 is 0. The molecule has 0 amide bonds. The van der Waals surface area contributed by atoms with E-state index in [-0.39, 0.29) is 0 Å². The van der Waals surface area contributed by atoms with Crippen molar-refractivity contribution in [3.63, 3.8) is 0 Å². The van der Waals surface area contributed by atoms with Gasteiger partial charge < -0.3 is 4.90 Å². The Hall–Kier alpha value is -0.170. The number of nitrogens with zero attached hydrogens (tertiary/aromatic N) is 1. The molecule has 1 unspecified atom stereocenters. The van der Waals surface area contributed by atoms with E-state index in [1.165, 1.54) is 96.3 Å². The predicted octanol–water partition coefficient (Wildman–Crippen LogP) is 6.16. The smallest absolute Gasteiger partial charge is 0.306 e. The summed E-state index contributed by atoms with van der Waals surface area (Å²) in [5.41, 5.74) is 0. The topological polar surface area (TPSA) is 77.8 Å². The van der Waals surface area contributed by atoms with Crippen molar-refractivity contribution in [3.8, 4) is 0 Å². The molecular weight excluding hydrogens is 350 g/mol. The molecular formula is C20H45NO4S. The highest BCUT2D eigenvalue weighted by Crippen LogP contribution is 2.16. The van der Waals surface area contributed by atoms with Crippen LogP contribution in [0.3, 0.4) is 0 Å². The van der Waals surface area contributed by atoms with E-state index < -0.39 is 10.4 Å². The van der Waals surface area contributed by atoms with Crippen molar-refractivity contribution in [2.45, 2.75) is 116 Å². The van der Waals surface area contributed by atoms with E-state index in [1.807, 2.05) is 0 Å². The van der Waals surface area contributed by atoms with Crippen molar-refractivity contribution in [1.29, 1.82) is 0 Å². The van der Waals surface area contributed by atoms with Crippen LogP contribution in [-0.4, -0.2) is 42.6 Å². The van der Waals surface area contributed by atoms with Crippen LogP contribution in [0.25, 0.3) is 0 Å². The van der Waals surface area contributed by atoms with Gasteiger partial charge in [-0.05, 0) is 26.9 Å². The second-order valence-corrected chi connectivity index (χ2v) is 8.43. The van der Waals surface area contributed by atoms with Gasteiger partial charge in [0.05, 0.1) is 0 Å². The van der Waals surface area contributed by atoms with E-state index >= 15 is 0 Å². The molecule has 0 rings (SSSR count). The zero-order valence-electron chi connectivity index (χ0n) is 17.8. The molecule has 0 aromatic heterocycles. The van der Waals surface area contributed by atoms with Gasteiger partial charge in [0.25, 0.3) is 0 Å². The van der Waals surface area contributed by atoms with Gasteiger partial charge in [0, 0.05) is 6.04 Å². The van der Waals surface area contributed by atoms with Gasteiger partial charge in [-0.15, -0.1) is 0 Å². The van der Waals surface area contributed by atoms with Gasteiger partial charge in [-0.25, -0.2) is 0 Å². The molecule has 0 heterocycles. The maximum Gasteiger partial charge on any atom is 0.394 e. The van der Waals surface area contributed by atoms with Crippen LogP contribution in [0.15, 0.2) is 0 Å². The fraction of sp³-hybridized carbons (Fsp3) is 1.00. The van der Waals surface area contributed by atoms with Gasteiger partial charge in [-0.3, -0.25) is 9.11 Å². The normalized spacial score (nSPS) is 12.7. The van der Waals surface area contributed by atoms with Crippen LogP contribution in [0.2, 0.25) is 0 Å². The average Bonchev–Trinajstić information content (AvgIpc) is 2.53. The third kappa shape index (κ3) is 28.6. The maximum atomic E-state index is 8.74. The SMILES string of the molecule is CCCCCCCCCCCCC(CCCCC)N(C)C.O=S(=O)(O)O. The highest BCUT2D eigenvalue weighted by molar-refractivity contribution is 7.79. The first kappa shape index (κ1) is 28.0. The van der Waals surface area contributed by atoms with Gasteiger partial charge in [-0.1, -0.05) is 97.3 Å². The first-order valence-corrected chi connectivity index (χ1v) is 12.0. The summed E-state index contributed by atoms with van der Waals surface area (Å²) in [6, 6.07) is 0.825. The van der Waals surface area contributed by atoms with Gasteiger partial charge in [0.2, 0.25) is 0 Å². The van der Waals surface area contributed by atoms with E-state index in [1.54, 1.807) is 0 Å². The van der Waals surface area contributed by atoms with E-state index in [4.69, 9.17) is 17.5 Å². The molecule has 1 atom stereocenters. The Labute approximate surface area is 163 Å². The van der Waals surface area contributed by atoms with Crippen LogP contribution >= 0.6 is 0 Å². The lowest BCUT2D eigenvalue weighted by atomic mass is 10.00. The largest absolute Gasteiger partial charge is 0.394 e. The third-order valence-electron chi connectivity index (χ3n) is 4.76. The summed E-state index contributed by atoms with van der Waals surface area (Å²) in [6.45, 7) is 4.59. The Morgan fingerprint density at radius 2 is 0.923 bits per heavy atom. The maximum absolute atomic E-state index is 8.74. The number of hydrogen-bond acceptors (Lipinski definition) is 3. The monoisotopic (exact) mass is 395 g/mol. The Balaban J connectivity index is 0. The molecule has 0 spiro atoms. The quantitative estimate of drug-likeness (QED) is 0.242. The van der Waals surface area contributed by atoms with Crippen molar-refractivity contribution < 1.29 is 17.5 Å². The predicted molar refractivity (Wildman–Crippen MR) is 112 cm³/mol. The van der Waals surface area contributed by atoms with Crippen LogP contribution < -0.4 is 0 Å². The average molecular weight is 396 g/mol. The molecule has 0 saturated heterocycles. The standard InChI is InChI=1S/C20H43N.H2O4S/c1-5-7-9-10-11-12-13-14-15-17-19-20(21(3)4)18-16-8-6-2;1-5(2,3)4/h20H,5-19H2,1-4H3;(H2,1,2,3,4). The van der Waals surface area contributed by atoms with Crippen molar-refractivity contribution in [2.75, 3.05) is 14.1 Å². The second kappa shape index (κ2) is 19.6. The molecule has 0 aromatic carbocycles. The summed E-state index contributed by atoms with van der Waals surface area (Å²) in [7, 11) is -0.153. The number of unbranched alkanes of at least 4 members (excludes halogenated alkanes) is 11. The van der Waals surface area contributed by atoms with Gasteiger partial charge >= 0.3 is 10.4 Å². The molecule has 26 heavy (non-hydrogen) atoms. The van der Waals surface area contributed by atoms with E-state index in [0.29, 0.717) is 0 Å². The minimum absolute atomic E-state index is 0.825. The van der Waals surface area contributed by atoms with Gasteiger partial charge in [0.1, 0.15) is 0 Å². The van der Waals surface area contributed by atoms with Crippen molar-refractivity contribution in [1.82, 2.24) is 4.90 Å². The highest BCUT2D eigenvalue weighted by Gasteiger charge is 2.10. The summed E-state index contributed by atoms with van der Waals surface area (Å²) in [5, 5.41) is 0. The summed E-state index contributed by atoms with van der Waals surface area (Å²) in [6.07, 6.45) is 21.5. The summed E-state index contributed by atoms with van der Waals surface area (Å²) < 4.78 is 31.6. The van der Waals surface area contributed by atoms with E-state index in [9.17, 15) is 0 Å². The molecule has 6 heteroatoms. The molecule has 0 aromatic rings. The molecule has 160 valence electrons. The molecule has 5 nitrogen and oxygen atoms in total. The zero-order chi connectivity index (χ0) is 20.3. The van der Waals surface area contributed by atoms with Crippen molar-refractivity contribution in [2.24, 2.45) is 0 Å². The molecule has 2 N–H and O–H groups in total. The third-order valence-corrected chi connectivity index (χ3v) is 4.76. The fourth-order valence-electron chi connectivity index (χ4n) is 3.16. The van der Waals surface area contributed by atoms with E-state index in [0.717, 1.165) is 6.04 Å². The van der Waals surface area contributed by atoms with Crippen LogP contribution in [0.1, 0.15) is 110 Å². The molecule has 0 aliphatic rings. The number of hydrogen-bond donors (Lipinski definition) is 2. The first-order valence-electron chi connectivity index (χ1n) is 10.6. The lowest BCUT2D eigenvalue weighted by Gasteiger charge is -2.24. The van der Waals surface area contributed by atoms with Crippen LogP contribution in [0.5, 0.6) is 0 Å². The minimum Gasteiger partial charge on any atom is -0.306 e. The van der Waals surface area contributed by atoms with Crippen LogP contribution in [-0.2, 0) is 10.4 Å². The molecule has 0 fully saturated rings. The molecule has 0 bridgehead atoms. The minimum atomic E-state index is -4.67. The van der Waals surface area contributed by atoms with Crippen molar-refractivity contribution >= 4 is 10.4 Å². The molecule has 0 saturated carbocycles. The lowest BCUT2D eigenvalue weighted by Crippen LogP contribution is -2.27. The van der Waals surface area contributed by atoms with Gasteiger partial charge in [-0.2, -0.15) is 8.42 Å². The molecule has 0 radical (unpaired) electrons. The second-order valence-electron chi connectivity index (χ2n) is 7.53. The highest BCUT2D eigenvalue weighted by atomic mass is 32.3. The Morgan fingerprint density at radius 3 is 1.27 bits per heavy atom. The van der Waals surface area contributed by atoms with Crippen LogP contribution in [0.4, 0.5) is 0 Å². The van der Waals surface area contributed by atoms with Gasteiger partial charge in [0.15, 0.2) is 0 Å². The van der Waals surface area contributed by atoms with Crippen LogP contribution in [0, 0.1) is 0 Å². The first-order chi connectivity index (χ1) is 12.2. The lowest BCUT2D eigenvalue weighted by molar-refractivity contribution is 0.252. The fourth-order valence-corrected chi connectivity index (χ4v) is 3.16. The summed E-state index contributed by atoms with van der Waals surface area (Å²) in [5.74, 6) is 0. The summed E-state index contributed by atoms with van der Waals surface area (Å²) in [4.78, 5) is 2.45. The molecule has 0 aliphatic heterocycles. The molecule has 0 aliphatic carbocycles. The number of rotatable bonds is 16. The Morgan fingerprint density at radius 1 is 0.654 bits per heavy atom. The van der Waals surface area contributed by atoms with Crippen molar-refractivity contribution in [3.05, 3.63) is 0 Å². The Bertz CT molecular complexity index is 364.